The van der Waals surface area contributed by atoms with Gasteiger partial charge in [0.05, 0.1) is 20.1 Å². The number of pyridine rings is 1. The van der Waals surface area contributed by atoms with E-state index in [4.69, 9.17) is 0 Å². The molecule has 1 aliphatic heterocycles. The molecular formula is C22H39N2+. The molecule has 2 heterocycles. The number of hydrogen-bond acceptors (Lipinski definition) is 1. The number of rotatable bonds is 12. The molecule has 2 rings (SSSR count). The smallest absolute Gasteiger partial charge is 0.116 e. The number of quaternary nitrogens is 1. The zero-order valence-corrected chi connectivity index (χ0v) is 16.2. The number of nitrogens with zero attached hydrogens (tertiary/aromatic N) is 2. The third kappa shape index (κ3) is 6.20. The van der Waals surface area contributed by atoms with Gasteiger partial charge in [0.15, 0.2) is 0 Å². The molecule has 0 saturated carbocycles. The van der Waals surface area contributed by atoms with Crippen LogP contribution in [0, 0.1) is 0 Å². The molecule has 1 fully saturated rings. The van der Waals surface area contributed by atoms with Gasteiger partial charge in [-0.15, -0.1) is 0 Å². The van der Waals surface area contributed by atoms with Gasteiger partial charge in [0.1, 0.15) is 6.04 Å². The van der Waals surface area contributed by atoms with Crippen molar-refractivity contribution in [1.29, 1.82) is 0 Å². The molecule has 0 spiro atoms. The molecule has 24 heavy (non-hydrogen) atoms. The van der Waals surface area contributed by atoms with Gasteiger partial charge >= 0.3 is 0 Å². The number of likely N-dealkylation sites (tertiary alicyclic amines) is 1. The van der Waals surface area contributed by atoms with Crippen molar-refractivity contribution in [1.82, 2.24) is 4.98 Å². The molecule has 0 aromatic carbocycles. The van der Waals surface area contributed by atoms with Crippen LogP contribution in [0.4, 0.5) is 0 Å². The van der Waals surface area contributed by atoms with Crippen molar-refractivity contribution in [3.8, 4) is 0 Å². The largest absolute Gasteiger partial charge is 0.320 e. The average Bonchev–Trinajstić information content (AvgIpc) is 2.99. The molecule has 0 radical (unpaired) electrons. The van der Waals surface area contributed by atoms with Crippen LogP contribution in [-0.4, -0.2) is 29.6 Å². The molecule has 2 atom stereocenters. The van der Waals surface area contributed by atoms with Crippen molar-refractivity contribution < 1.29 is 4.48 Å². The topological polar surface area (TPSA) is 12.9 Å². The van der Waals surface area contributed by atoms with Crippen LogP contribution < -0.4 is 0 Å². The van der Waals surface area contributed by atoms with E-state index >= 15 is 0 Å². The van der Waals surface area contributed by atoms with Gasteiger partial charge in [0.2, 0.25) is 0 Å². The van der Waals surface area contributed by atoms with Crippen LogP contribution in [0.25, 0.3) is 0 Å². The zero-order chi connectivity index (χ0) is 17.1. The lowest BCUT2D eigenvalue weighted by molar-refractivity contribution is -0.927. The first-order chi connectivity index (χ1) is 11.8. The SMILES string of the molecule is CCCCCCCCCCCC[N+]1(C)CCC[C@H]1c1cccnc1. The lowest BCUT2D eigenvalue weighted by Crippen LogP contribution is -2.43. The minimum absolute atomic E-state index is 0.678. The molecular weight excluding hydrogens is 292 g/mol. The molecule has 1 saturated heterocycles. The van der Waals surface area contributed by atoms with E-state index in [2.05, 4.69) is 37.3 Å². The van der Waals surface area contributed by atoms with Crippen LogP contribution in [0.3, 0.4) is 0 Å². The Kier molecular flexibility index (Phi) is 8.80. The Morgan fingerprint density at radius 3 is 2.29 bits per heavy atom. The summed E-state index contributed by atoms with van der Waals surface area (Å²) in [6.07, 6.45) is 21.0. The molecule has 1 aromatic heterocycles. The quantitative estimate of drug-likeness (QED) is 0.324. The van der Waals surface area contributed by atoms with Crippen LogP contribution in [0.2, 0.25) is 0 Å². The summed E-state index contributed by atoms with van der Waals surface area (Å²) in [5, 5.41) is 0. The van der Waals surface area contributed by atoms with E-state index in [0.29, 0.717) is 6.04 Å². The monoisotopic (exact) mass is 331 g/mol. The Hall–Kier alpha value is -0.890. The van der Waals surface area contributed by atoms with Gasteiger partial charge in [0.25, 0.3) is 0 Å². The third-order valence-electron chi connectivity index (χ3n) is 5.99. The van der Waals surface area contributed by atoms with E-state index in [0.717, 1.165) is 0 Å². The van der Waals surface area contributed by atoms with E-state index in [1.807, 2.05) is 6.20 Å². The number of aromatic nitrogens is 1. The van der Waals surface area contributed by atoms with Crippen LogP contribution in [0.1, 0.15) is 95.6 Å². The molecule has 0 aliphatic carbocycles. The molecule has 2 heteroatoms. The van der Waals surface area contributed by atoms with Crippen LogP contribution in [0.15, 0.2) is 24.5 Å². The van der Waals surface area contributed by atoms with Crippen molar-refractivity contribution in [3.63, 3.8) is 0 Å². The summed E-state index contributed by atoms with van der Waals surface area (Å²) in [6, 6.07) is 5.05. The Balaban J connectivity index is 1.59. The zero-order valence-electron chi connectivity index (χ0n) is 16.2. The van der Waals surface area contributed by atoms with Gasteiger partial charge in [-0.3, -0.25) is 4.98 Å². The molecule has 0 amide bonds. The fraction of sp³-hybridized carbons (Fsp3) is 0.773. The van der Waals surface area contributed by atoms with Gasteiger partial charge in [-0.2, -0.15) is 0 Å². The predicted octanol–water partition coefficient (Wildman–Crippen LogP) is 6.28. The summed E-state index contributed by atoms with van der Waals surface area (Å²) in [5.74, 6) is 0. The molecule has 136 valence electrons. The highest BCUT2D eigenvalue weighted by Crippen LogP contribution is 2.37. The minimum Gasteiger partial charge on any atom is -0.320 e. The normalized spacial score (nSPS) is 23.7. The standard InChI is InChI=1S/C22H39N2/c1-3-4-5-6-7-8-9-10-11-12-18-24(2)19-14-16-22(24)21-15-13-17-23-20-21/h13,15,17,20,22H,3-12,14,16,18-19H2,1-2H3/q+1/t22-,24?/m0/s1. The molecule has 0 N–H and O–H groups in total. The Bertz CT molecular complexity index is 431. The van der Waals surface area contributed by atoms with Gasteiger partial charge in [-0.1, -0.05) is 64.4 Å². The highest BCUT2D eigenvalue weighted by molar-refractivity contribution is 5.12. The molecule has 1 aliphatic rings. The molecule has 2 nitrogen and oxygen atoms in total. The first-order valence-corrected chi connectivity index (χ1v) is 10.5. The van der Waals surface area contributed by atoms with Crippen molar-refractivity contribution in [2.24, 2.45) is 0 Å². The van der Waals surface area contributed by atoms with Gasteiger partial charge in [-0.25, -0.2) is 0 Å². The maximum Gasteiger partial charge on any atom is 0.116 e. The van der Waals surface area contributed by atoms with Crippen molar-refractivity contribution >= 4 is 0 Å². The summed E-state index contributed by atoms with van der Waals surface area (Å²) < 4.78 is 1.24. The highest BCUT2D eigenvalue weighted by atomic mass is 15.4. The molecule has 0 bridgehead atoms. The first-order valence-electron chi connectivity index (χ1n) is 10.5. The first kappa shape index (κ1) is 19.4. The molecule has 1 aromatic rings. The van der Waals surface area contributed by atoms with E-state index in [-0.39, 0.29) is 0 Å². The van der Waals surface area contributed by atoms with Gasteiger partial charge in [-0.05, 0) is 18.9 Å². The second-order valence-electron chi connectivity index (χ2n) is 8.05. The minimum atomic E-state index is 0.678. The Labute approximate surface area is 150 Å². The van der Waals surface area contributed by atoms with Gasteiger partial charge in [0, 0.05) is 30.8 Å². The molecule has 1 unspecified atom stereocenters. The summed E-state index contributed by atoms with van der Waals surface area (Å²) >= 11 is 0. The highest BCUT2D eigenvalue weighted by Gasteiger charge is 2.38. The van der Waals surface area contributed by atoms with Crippen molar-refractivity contribution in [2.45, 2.75) is 90.0 Å². The fourth-order valence-corrected chi connectivity index (χ4v) is 4.44. The maximum absolute atomic E-state index is 4.34. The number of unbranched alkanes of at least 4 members (excludes halogenated alkanes) is 9. The van der Waals surface area contributed by atoms with Crippen molar-refractivity contribution in [3.05, 3.63) is 30.1 Å². The second kappa shape index (κ2) is 10.9. The summed E-state index contributed by atoms with van der Waals surface area (Å²) in [4.78, 5) is 4.34. The summed E-state index contributed by atoms with van der Waals surface area (Å²) in [5.41, 5.74) is 1.45. The second-order valence-corrected chi connectivity index (χ2v) is 8.05. The third-order valence-corrected chi connectivity index (χ3v) is 5.99. The van der Waals surface area contributed by atoms with E-state index < -0.39 is 0 Å². The Morgan fingerprint density at radius 2 is 1.67 bits per heavy atom. The van der Waals surface area contributed by atoms with E-state index in [9.17, 15) is 0 Å². The lowest BCUT2D eigenvalue weighted by atomic mass is 10.0. The maximum atomic E-state index is 4.34. The lowest BCUT2D eigenvalue weighted by Gasteiger charge is -2.36. The Morgan fingerprint density at radius 1 is 1.00 bits per heavy atom. The fourth-order valence-electron chi connectivity index (χ4n) is 4.44. The number of hydrogen-bond donors (Lipinski definition) is 0. The van der Waals surface area contributed by atoms with E-state index in [1.54, 1.807) is 0 Å². The summed E-state index contributed by atoms with van der Waals surface area (Å²) in [6.45, 7) is 4.98. The van der Waals surface area contributed by atoms with Crippen LogP contribution >= 0.6 is 0 Å². The van der Waals surface area contributed by atoms with Crippen LogP contribution in [-0.2, 0) is 0 Å². The predicted molar refractivity (Wildman–Crippen MR) is 104 cm³/mol. The van der Waals surface area contributed by atoms with Crippen LogP contribution in [0.5, 0.6) is 0 Å². The van der Waals surface area contributed by atoms with Gasteiger partial charge < -0.3 is 4.48 Å². The average molecular weight is 332 g/mol. The summed E-state index contributed by atoms with van der Waals surface area (Å²) in [7, 11) is 2.47. The van der Waals surface area contributed by atoms with E-state index in [1.165, 1.54) is 100 Å². The van der Waals surface area contributed by atoms with Crippen molar-refractivity contribution in [2.75, 3.05) is 20.1 Å².